The first-order valence-corrected chi connectivity index (χ1v) is 13.9. The first-order chi connectivity index (χ1) is 19.4. The monoisotopic (exact) mass is 539 g/mol. The van der Waals surface area contributed by atoms with Gasteiger partial charge < -0.3 is 14.7 Å². The van der Waals surface area contributed by atoms with Gasteiger partial charge in [-0.15, -0.1) is 0 Å². The average Bonchev–Trinajstić information content (AvgIpc) is 3.29. The molecule has 0 radical (unpaired) electrons. The van der Waals surface area contributed by atoms with Crippen LogP contribution in [0.1, 0.15) is 64.2 Å². The Hall–Kier alpha value is -4.17. The number of nitrogens with one attached hydrogen (secondary N) is 1. The molecule has 3 heterocycles. The van der Waals surface area contributed by atoms with Crippen LogP contribution in [-0.2, 0) is 29.3 Å². The lowest BCUT2D eigenvalue weighted by Crippen LogP contribution is -2.52. The number of phenolic OH excluding ortho intramolecular Hbond substituents is 1. The molecule has 2 fully saturated rings. The zero-order valence-corrected chi connectivity index (χ0v) is 22.3. The van der Waals surface area contributed by atoms with Gasteiger partial charge in [-0.25, -0.2) is 0 Å². The highest BCUT2D eigenvalue weighted by atomic mass is 16.5. The van der Waals surface area contributed by atoms with Crippen molar-refractivity contribution in [1.82, 2.24) is 15.1 Å². The third-order valence-electron chi connectivity index (χ3n) is 8.29. The van der Waals surface area contributed by atoms with Gasteiger partial charge in [-0.05, 0) is 79.2 Å². The summed E-state index contributed by atoms with van der Waals surface area (Å²) >= 11 is 0. The minimum Gasteiger partial charge on any atom is -0.508 e. The molecule has 1 atom stereocenters. The molecule has 1 unspecified atom stereocenters. The van der Waals surface area contributed by atoms with Crippen molar-refractivity contribution in [2.24, 2.45) is 0 Å². The van der Waals surface area contributed by atoms with E-state index in [9.17, 15) is 19.5 Å². The van der Waals surface area contributed by atoms with Gasteiger partial charge in [0, 0.05) is 24.1 Å². The summed E-state index contributed by atoms with van der Waals surface area (Å²) in [5.41, 5.74) is 4.84. The SMILES string of the molecule is O=C1CCC(N2Cc3c(OCc4ccc(CN5CCC(c6cccc(O)c6)CC5)cc4)cccc3C2=O)C(=O)N1. The summed E-state index contributed by atoms with van der Waals surface area (Å²) in [7, 11) is 0. The van der Waals surface area contributed by atoms with Gasteiger partial charge in [-0.2, -0.15) is 0 Å². The maximum Gasteiger partial charge on any atom is 0.255 e. The quantitative estimate of drug-likeness (QED) is 0.439. The van der Waals surface area contributed by atoms with Crippen LogP contribution in [0.3, 0.4) is 0 Å². The van der Waals surface area contributed by atoms with Crippen LogP contribution in [0.5, 0.6) is 11.5 Å². The smallest absolute Gasteiger partial charge is 0.255 e. The molecule has 0 bridgehead atoms. The van der Waals surface area contributed by atoms with Crippen molar-refractivity contribution in [3.05, 3.63) is 94.5 Å². The van der Waals surface area contributed by atoms with E-state index in [0.29, 0.717) is 36.0 Å². The number of fused-ring (bicyclic) bond motifs is 1. The fourth-order valence-electron chi connectivity index (χ4n) is 6.06. The molecule has 3 aliphatic heterocycles. The minimum atomic E-state index is -0.643. The van der Waals surface area contributed by atoms with E-state index in [-0.39, 0.29) is 24.8 Å². The van der Waals surface area contributed by atoms with Crippen molar-refractivity contribution in [2.75, 3.05) is 13.1 Å². The summed E-state index contributed by atoms with van der Waals surface area (Å²) in [5, 5.41) is 12.1. The summed E-state index contributed by atoms with van der Waals surface area (Å²) in [6.07, 6.45) is 2.73. The number of hydrogen-bond donors (Lipinski definition) is 2. The molecule has 3 aromatic carbocycles. The van der Waals surface area contributed by atoms with Gasteiger partial charge in [-0.1, -0.05) is 42.5 Å². The number of carbonyl (C=O) groups excluding carboxylic acids is 3. The van der Waals surface area contributed by atoms with Crippen molar-refractivity contribution in [2.45, 2.75) is 57.3 Å². The molecule has 2 N–H and O–H groups in total. The molecular weight excluding hydrogens is 506 g/mol. The minimum absolute atomic E-state index is 0.203. The molecule has 3 aliphatic rings. The van der Waals surface area contributed by atoms with E-state index in [2.05, 4.69) is 40.5 Å². The van der Waals surface area contributed by atoms with Crippen LogP contribution in [0.25, 0.3) is 0 Å². The zero-order chi connectivity index (χ0) is 27.6. The van der Waals surface area contributed by atoms with Gasteiger partial charge >= 0.3 is 0 Å². The molecule has 0 aromatic heterocycles. The first kappa shape index (κ1) is 26.1. The number of amides is 3. The average molecular weight is 540 g/mol. The van der Waals surface area contributed by atoms with Crippen LogP contribution in [0, 0.1) is 0 Å². The van der Waals surface area contributed by atoms with Gasteiger partial charge in [0.05, 0.1) is 6.54 Å². The molecular formula is C32H33N3O5. The predicted molar refractivity (Wildman–Crippen MR) is 149 cm³/mol. The number of rotatable bonds is 7. The Bertz CT molecular complexity index is 1430. The molecule has 2 saturated heterocycles. The number of imide groups is 1. The topological polar surface area (TPSA) is 99.2 Å². The molecule has 206 valence electrons. The van der Waals surface area contributed by atoms with Crippen LogP contribution >= 0.6 is 0 Å². The largest absolute Gasteiger partial charge is 0.508 e. The summed E-state index contributed by atoms with van der Waals surface area (Å²) in [4.78, 5) is 41.0. The molecule has 8 nitrogen and oxygen atoms in total. The number of ether oxygens (including phenoxy) is 1. The lowest BCUT2D eigenvalue weighted by molar-refractivity contribution is -0.136. The standard InChI is InChI=1S/C32H33N3O5/c36-25-4-1-3-24(17-25)23-13-15-34(16-14-23)18-21-7-9-22(10-8-21)20-40-29-6-2-5-26-27(29)19-35(32(26)39)28-11-12-30(37)33-31(28)38/h1-10,17,23,28,36H,11-16,18-20H2,(H,33,37,38). The van der Waals surface area contributed by atoms with E-state index in [1.165, 1.54) is 11.1 Å². The lowest BCUT2D eigenvalue weighted by Gasteiger charge is -2.32. The number of aromatic hydroxyl groups is 1. The van der Waals surface area contributed by atoms with Crippen molar-refractivity contribution < 1.29 is 24.2 Å². The van der Waals surface area contributed by atoms with Crippen molar-refractivity contribution in [1.29, 1.82) is 0 Å². The first-order valence-electron chi connectivity index (χ1n) is 13.9. The van der Waals surface area contributed by atoms with Crippen molar-refractivity contribution in [3.63, 3.8) is 0 Å². The normalized spacial score (nSPS) is 19.9. The fraction of sp³-hybridized carbons (Fsp3) is 0.344. The number of benzene rings is 3. The van der Waals surface area contributed by atoms with E-state index >= 15 is 0 Å². The second-order valence-electron chi connectivity index (χ2n) is 10.9. The van der Waals surface area contributed by atoms with E-state index in [1.807, 2.05) is 18.2 Å². The van der Waals surface area contributed by atoms with Gasteiger partial charge in [0.2, 0.25) is 11.8 Å². The Morgan fingerprint density at radius 2 is 1.65 bits per heavy atom. The Balaban J connectivity index is 1.03. The van der Waals surface area contributed by atoms with Gasteiger partial charge in [0.1, 0.15) is 24.1 Å². The van der Waals surface area contributed by atoms with Crippen LogP contribution in [0.4, 0.5) is 0 Å². The summed E-state index contributed by atoms with van der Waals surface area (Å²) in [5.74, 6) is 0.553. The summed E-state index contributed by atoms with van der Waals surface area (Å²) < 4.78 is 6.15. The van der Waals surface area contributed by atoms with Crippen molar-refractivity contribution >= 4 is 17.7 Å². The Kier molecular flexibility index (Phi) is 7.26. The third-order valence-corrected chi connectivity index (χ3v) is 8.29. The molecule has 0 aliphatic carbocycles. The van der Waals surface area contributed by atoms with E-state index in [1.54, 1.807) is 23.1 Å². The van der Waals surface area contributed by atoms with Gasteiger partial charge in [0.15, 0.2) is 0 Å². The van der Waals surface area contributed by atoms with Gasteiger partial charge in [0.25, 0.3) is 5.91 Å². The van der Waals surface area contributed by atoms with Gasteiger partial charge in [-0.3, -0.25) is 24.6 Å². The Morgan fingerprint density at radius 3 is 2.40 bits per heavy atom. The van der Waals surface area contributed by atoms with Crippen LogP contribution in [-0.4, -0.2) is 51.8 Å². The summed E-state index contributed by atoms with van der Waals surface area (Å²) in [6, 6.07) is 20.9. The van der Waals surface area contributed by atoms with Crippen LogP contribution < -0.4 is 10.1 Å². The molecule has 0 spiro atoms. The highest BCUT2D eigenvalue weighted by Crippen LogP contribution is 2.34. The van der Waals surface area contributed by atoms with Crippen molar-refractivity contribution in [3.8, 4) is 11.5 Å². The van der Waals surface area contributed by atoms with E-state index in [0.717, 1.165) is 43.6 Å². The maximum atomic E-state index is 13.0. The number of piperidine rings is 2. The lowest BCUT2D eigenvalue weighted by atomic mass is 9.89. The number of hydrogen-bond acceptors (Lipinski definition) is 6. The molecule has 8 heteroatoms. The molecule has 6 rings (SSSR count). The number of phenols is 1. The number of carbonyl (C=O) groups is 3. The highest BCUT2D eigenvalue weighted by molar-refractivity contribution is 6.05. The van der Waals surface area contributed by atoms with E-state index in [4.69, 9.17) is 4.74 Å². The molecule has 40 heavy (non-hydrogen) atoms. The molecule has 3 aromatic rings. The highest BCUT2D eigenvalue weighted by Gasteiger charge is 2.40. The third kappa shape index (κ3) is 5.45. The van der Waals surface area contributed by atoms with Crippen LogP contribution in [0.15, 0.2) is 66.7 Å². The predicted octanol–water partition coefficient (Wildman–Crippen LogP) is 4.11. The number of likely N-dealkylation sites (tertiary alicyclic amines) is 1. The second-order valence-corrected chi connectivity index (χ2v) is 10.9. The Labute approximate surface area is 233 Å². The maximum absolute atomic E-state index is 13.0. The number of nitrogens with zero attached hydrogens (tertiary/aromatic N) is 2. The summed E-state index contributed by atoms with van der Waals surface area (Å²) in [6.45, 7) is 3.62. The van der Waals surface area contributed by atoms with Crippen LogP contribution in [0.2, 0.25) is 0 Å². The molecule has 3 amide bonds. The second kappa shape index (κ2) is 11.1. The fourth-order valence-corrected chi connectivity index (χ4v) is 6.06. The molecule has 0 saturated carbocycles. The van der Waals surface area contributed by atoms with E-state index < -0.39 is 11.9 Å². The zero-order valence-electron chi connectivity index (χ0n) is 22.3. The Morgan fingerprint density at radius 1 is 0.900 bits per heavy atom.